The number of benzene rings is 2. The zero-order chi connectivity index (χ0) is 26.3. The molecule has 0 aliphatic heterocycles. The van der Waals surface area contributed by atoms with E-state index in [2.05, 4.69) is 72.2 Å². The second-order valence-electron chi connectivity index (χ2n) is 10.6. The molecular formula is C27H43ClNO3PS. The second-order valence-corrected chi connectivity index (χ2v) is 13.7. The van der Waals surface area contributed by atoms with E-state index in [1.807, 2.05) is 24.3 Å². The van der Waals surface area contributed by atoms with Gasteiger partial charge >= 0.3 is 0 Å². The third kappa shape index (κ3) is 8.22. The molecule has 0 spiro atoms. The van der Waals surface area contributed by atoms with Gasteiger partial charge in [0.1, 0.15) is 0 Å². The summed E-state index contributed by atoms with van der Waals surface area (Å²) in [6.45, 7) is 16.1. The molecule has 0 amide bonds. The number of rotatable bonds is 9. The maximum atomic E-state index is 11.5. The Morgan fingerprint density at radius 3 is 1.82 bits per heavy atom. The van der Waals surface area contributed by atoms with Crippen molar-refractivity contribution in [2.75, 3.05) is 18.3 Å². The summed E-state index contributed by atoms with van der Waals surface area (Å²) >= 11 is 4.64. The van der Waals surface area contributed by atoms with Crippen molar-refractivity contribution in [3.63, 3.8) is 0 Å². The Balaban J connectivity index is 0.00000281. The molecule has 2 rings (SSSR count). The summed E-state index contributed by atoms with van der Waals surface area (Å²) in [5, 5.41) is 0. The zero-order valence-electron chi connectivity index (χ0n) is 21.9. The summed E-state index contributed by atoms with van der Waals surface area (Å²) in [6, 6.07) is 15.1. The predicted molar refractivity (Wildman–Crippen MR) is 150 cm³/mol. The van der Waals surface area contributed by atoms with E-state index in [-0.39, 0.29) is 15.7 Å². The van der Waals surface area contributed by atoms with Crippen LogP contribution in [-0.4, -0.2) is 25.5 Å². The van der Waals surface area contributed by atoms with Gasteiger partial charge in [-0.05, 0) is 70.6 Å². The minimum Gasteiger partial charge on any atom is -0.399 e. The van der Waals surface area contributed by atoms with Gasteiger partial charge in [-0.25, -0.2) is 0 Å². The van der Waals surface area contributed by atoms with Crippen molar-refractivity contribution in [2.24, 2.45) is 16.7 Å². The normalized spacial score (nSPS) is 15.5. The van der Waals surface area contributed by atoms with Crippen molar-refractivity contribution in [1.29, 1.82) is 0 Å². The van der Waals surface area contributed by atoms with Gasteiger partial charge < -0.3 is 5.73 Å². The Bertz CT molecular complexity index is 984. The smallest absolute Gasteiger partial charge is 0.294 e. The number of nitrogens with two attached hydrogens (primary N) is 1. The molecule has 0 aliphatic rings. The molecule has 4 unspecified atom stereocenters. The molecule has 34 heavy (non-hydrogen) atoms. The highest BCUT2D eigenvalue weighted by Crippen LogP contribution is 2.54. The van der Waals surface area contributed by atoms with Gasteiger partial charge in [0.15, 0.2) is 0 Å². The molecule has 0 saturated heterocycles. The van der Waals surface area contributed by atoms with Crippen LogP contribution in [0.2, 0.25) is 0 Å². The fraction of sp³-hybridized carbons (Fsp3) is 0.556. The molecule has 7 heteroatoms. The number of alkyl halides is 1. The van der Waals surface area contributed by atoms with Crippen LogP contribution in [0.5, 0.6) is 0 Å². The van der Waals surface area contributed by atoms with Gasteiger partial charge in [0.25, 0.3) is 10.1 Å². The monoisotopic (exact) mass is 527 g/mol. The van der Waals surface area contributed by atoms with Crippen LogP contribution in [0, 0.1) is 16.7 Å². The van der Waals surface area contributed by atoms with E-state index < -0.39 is 10.1 Å². The van der Waals surface area contributed by atoms with E-state index in [1.54, 1.807) is 0 Å². The van der Waals surface area contributed by atoms with E-state index in [0.29, 0.717) is 17.5 Å². The van der Waals surface area contributed by atoms with Crippen LogP contribution in [0.25, 0.3) is 0 Å². The fourth-order valence-electron chi connectivity index (χ4n) is 4.51. The maximum absolute atomic E-state index is 11.5. The Kier molecular flexibility index (Phi) is 11.6. The molecule has 0 radical (unpaired) electrons. The summed E-state index contributed by atoms with van der Waals surface area (Å²) < 4.78 is 32.3. The molecular weight excluding hydrogens is 485 g/mol. The first-order chi connectivity index (χ1) is 15.7. The average molecular weight is 528 g/mol. The SMILES string of the molecule is CCPC(c1ccc(S(=O)(=O)O)cc1)C(C)(C)C(C)CC(c1ccc(N)cc1)C(C)(C)C.CCl. The van der Waals surface area contributed by atoms with Crippen molar-refractivity contribution in [3.8, 4) is 0 Å². The molecule has 4 nitrogen and oxygen atoms in total. The van der Waals surface area contributed by atoms with Gasteiger partial charge in [-0.15, -0.1) is 20.2 Å². The molecule has 192 valence electrons. The molecule has 0 saturated carbocycles. The van der Waals surface area contributed by atoms with Crippen LogP contribution in [0.1, 0.15) is 77.6 Å². The summed E-state index contributed by atoms with van der Waals surface area (Å²) in [4.78, 5) is -0.0539. The second kappa shape index (κ2) is 12.7. The predicted octanol–water partition coefficient (Wildman–Crippen LogP) is 7.99. The largest absolute Gasteiger partial charge is 0.399 e. The van der Waals surface area contributed by atoms with Crippen LogP contribution >= 0.6 is 20.2 Å². The van der Waals surface area contributed by atoms with Crippen molar-refractivity contribution >= 4 is 36.0 Å². The highest BCUT2D eigenvalue weighted by molar-refractivity contribution is 7.85. The molecule has 2 aromatic rings. The van der Waals surface area contributed by atoms with Gasteiger partial charge in [0.2, 0.25) is 0 Å². The lowest BCUT2D eigenvalue weighted by atomic mass is 9.65. The number of halogens is 1. The lowest BCUT2D eigenvalue weighted by Crippen LogP contribution is -2.31. The Hall–Kier alpha value is -1.13. The minimum absolute atomic E-state index is 0.00533. The number of hydrogen-bond acceptors (Lipinski definition) is 3. The molecule has 0 fully saturated rings. The zero-order valence-corrected chi connectivity index (χ0v) is 24.5. The molecule has 2 aromatic carbocycles. The van der Waals surface area contributed by atoms with E-state index in [0.717, 1.165) is 32.4 Å². The number of nitrogen functional groups attached to an aromatic ring is 1. The third-order valence-corrected chi connectivity index (χ3v) is 9.67. The van der Waals surface area contributed by atoms with Crippen LogP contribution < -0.4 is 5.73 Å². The van der Waals surface area contributed by atoms with Crippen LogP contribution in [0.4, 0.5) is 5.69 Å². The minimum atomic E-state index is -4.18. The summed E-state index contributed by atoms with van der Waals surface area (Å²) in [6.07, 6.45) is 3.59. The number of anilines is 1. The first-order valence-corrected chi connectivity index (χ1v) is 15.2. The van der Waals surface area contributed by atoms with Crippen LogP contribution in [0.3, 0.4) is 0 Å². The molecule has 0 heterocycles. The first kappa shape index (κ1) is 30.9. The number of hydrogen-bond donors (Lipinski definition) is 2. The lowest BCUT2D eigenvalue weighted by molar-refractivity contribution is 0.166. The standard InChI is InChI=1S/C26H40NO3PS.CH3Cl/c1-8-31-24(20-11-15-22(16-12-20)32(28,29)30)26(6,7)18(2)17-23(25(3,4)5)19-9-13-21(27)14-10-19;1-2/h9-16,18,23-24,31H,8,17,27H2,1-7H3,(H,28,29,30);1H3. The fourth-order valence-corrected chi connectivity index (χ4v) is 6.63. The lowest BCUT2D eigenvalue weighted by Gasteiger charge is -2.43. The molecule has 3 N–H and O–H groups in total. The highest BCUT2D eigenvalue weighted by atomic mass is 35.5. The van der Waals surface area contributed by atoms with E-state index >= 15 is 0 Å². The van der Waals surface area contributed by atoms with E-state index in [1.165, 1.54) is 24.1 Å². The van der Waals surface area contributed by atoms with Gasteiger partial charge in [-0.3, -0.25) is 4.55 Å². The van der Waals surface area contributed by atoms with Gasteiger partial charge in [-0.1, -0.05) is 72.7 Å². The van der Waals surface area contributed by atoms with E-state index in [4.69, 9.17) is 5.73 Å². The van der Waals surface area contributed by atoms with Gasteiger partial charge in [0.05, 0.1) is 4.90 Å². The van der Waals surface area contributed by atoms with Crippen molar-refractivity contribution in [3.05, 3.63) is 59.7 Å². The maximum Gasteiger partial charge on any atom is 0.294 e. The average Bonchev–Trinajstić information content (AvgIpc) is 2.76. The van der Waals surface area contributed by atoms with Crippen molar-refractivity contribution < 1.29 is 13.0 Å². The molecule has 0 aromatic heterocycles. The Morgan fingerprint density at radius 2 is 1.41 bits per heavy atom. The highest BCUT2D eigenvalue weighted by Gasteiger charge is 2.38. The topological polar surface area (TPSA) is 80.4 Å². The first-order valence-electron chi connectivity index (χ1n) is 11.7. The molecule has 4 atom stereocenters. The van der Waals surface area contributed by atoms with Crippen LogP contribution in [-0.2, 0) is 10.1 Å². The summed E-state index contributed by atoms with van der Waals surface area (Å²) in [5.74, 6) is 0.819. The summed E-state index contributed by atoms with van der Waals surface area (Å²) in [5.41, 5.74) is 9.59. The van der Waals surface area contributed by atoms with Gasteiger partial charge in [0, 0.05) is 17.7 Å². The Labute approximate surface area is 214 Å². The van der Waals surface area contributed by atoms with Gasteiger partial charge in [-0.2, -0.15) is 8.42 Å². The van der Waals surface area contributed by atoms with Crippen LogP contribution in [0.15, 0.2) is 53.4 Å². The summed E-state index contributed by atoms with van der Waals surface area (Å²) in [7, 11) is -3.45. The quantitative estimate of drug-likeness (QED) is 0.150. The van der Waals surface area contributed by atoms with Crippen molar-refractivity contribution in [2.45, 2.75) is 71.4 Å². The molecule has 0 aliphatic carbocycles. The van der Waals surface area contributed by atoms with E-state index in [9.17, 15) is 13.0 Å². The van der Waals surface area contributed by atoms with Crippen molar-refractivity contribution in [1.82, 2.24) is 0 Å². The molecule has 0 bridgehead atoms. The third-order valence-electron chi connectivity index (χ3n) is 6.91. The Morgan fingerprint density at radius 1 is 0.941 bits per heavy atom.